The zero-order valence-electron chi connectivity index (χ0n) is 32.2. The molecule has 0 fully saturated rings. The molecular formula is C54H45NS. The molecule has 56 heavy (non-hydrogen) atoms. The van der Waals surface area contributed by atoms with E-state index < -0.39 is 0 Å². The smallest absolute Gasteiger partial charge is 0.0618 e. The van der Waals surface area contributed by atoms with Crippen LogP contribution in [-0.4, -0.2) is 0 Å². The average Bonchev–Trinajstić information content (AvgIpc) is 3.75. The fraction of sp³-hybridized carbons (Fsp3) is 0.111. The second-order valence-corrected chi connectivity index (χ2v) is 16.9. The number of thioether (sulfide) groups is 1. The van der Waals surface area contributed by atoms with Crippen LogP contribution in [0.4, 0.5) is 17.1 Å². The zero-order chi connectivity index (χ0) is 38.1. The van der Waals surface area contributed by atoms with Gasteiger partial charge < -0.3 is 4.90 Å². The van der Waals surface area contributed by atoms with E-state index in [0.29, 0.717) is 5.25 Å². The van der Waals surface area contributed by atoms with Crippen molar-refractivity contribution in [3.05, 3.63) is 216 Å². The van der Waals surface area contributed by atoms with Crippen molar-refractivity contribution in [1.82, 2.24) is 0 Å². The molecule has 0 radical (unpaired) electrons. The van der Waals surface area contributed by atoms with E-state index in [4.69, 9.17) is 0 Å². The summed E-state index contributed by atoms with van der Waals surface area (Å²) in [5.74, 6) is 0. The largest absolute Gasteiger partial charge is 0.309 e. The van der Waals surface area contributed by atoms with Gasteiger partial charge in [0.15, 0.2) is 0 Å². The molecule has 1 nitrogen and oxygen atoms in total. The van der Waals surface area contributed by atoms with E-state index in [1.54, 1.807) is 0 Å². The minimum Gasteiger partial charge on any atom is -0.309 e. The molecule has 0 aliphatic carbocycles. The van der Waals surface area contributed by atoms with Crippen molar-refractivity contribution in [2.45, 2.75) is 37.9 Å². The van der Waals surface area contributed by atoms with Crippen molar-refractivity contribution < 1.29 is 0 Å². The van der Waals surface area contributed by atoms with Gasteiger partial charge in [-0.15, -0.1) is 11.8 Å². The lowest BCUT2D eigenvalue weighted by atomic mass is 9.87. The molecule has 272 valence electrons. The highest BCUT2D eigenvalue weighted by Crippen LogP contribution is 2.51. The molecule has 0 bridgehead atoms. The zero-order valence-corrected chi connectivity index (χ0v) is 33.0. The van der Waals surface area contributed by atoms with Crippen molar-refractivity contribution >= 4 is 67.4 Å². The number of fused-ring (bicyclic) bond motifs is 2. The summed E-state index contributed by atoms with van der Waals surface area (Å²) in [4.78, 5) is 3.82. The first kappa shape index (κ1) is 35.6. The van der Waals surface area contributed by atoms with Crippen LogP contribution in [0.2, 0.25) is 0 Å². The van der Waals surface area contributed by atoms with Crippen LogP contribution >= 0.6 is 11.8 Å². The molecule has 8 aromatic carbocycles. The Morgan fingerprint density at radius 3 is 1.64 bits per heavy atom. The molecule has 0 N–H and O–H groups in total. The van der Waals surface area contributed by atoms with Crippen LogP contribution in [-0.2, 0) is 5.41 Å². The van der Waals surface area contributed by atoms with E-state index in [-0.39, 0.29) is 5.41 Å². The third-order valence-electron chi connectivity index (χ3n) is 10.9. The topological polar surface area (TPSA) is 3.24 Å². The molecule has 1 unspecified atom stereocenters. The van der Waals surface area contributed by atoms with E-state index in [9.17, 15) is 0 Å². The molecule has 9 rings (SSSR count). The van der Waals surface area contributed by atoms with Gasteiger partial charge in [0, 0.05) is 32.3 Å². The lowest BCUT2D eigenvalue weighted by Crippen LogP contribution is -2.14. The number of hydrogen-bond donors (Lipinski definition) is 0. The summed E-state index contributed by atoms with van der Waals surface area (Å²) in [6.45, 7) is 6.83. The summed E-state index contributed by atoms with van der Waals surface area (Å²) < 4.78 is 0. The van der Waals surface area contributed by atoms with E-state index in [0.717, 1.165) is 23.4 Å². The predicted molar refractivity (Wildman–Crippen MR) is 245 cm³/mol. The maximum atomic E-state index is 2.46. The number of rotatable bonds is 8. The molecule has 1 heterocycles. The van der Waals surface area contributed by atoms with Gasteiger partial charge in [-0.2, -0.15) is 0 Å². The molecule has 1 atom stereocenters. The summed E-state index contributed by atoms with van der Waals surface area (Å²) in [5, 5.41) is 5.38. The normalized spacial score (nSPS) is 14.4. The molecule has 0 saturated carbocycles. The van der Waals surface area contributed by atoms with Gasteiger partial charge in [0.25, 0.3) is 0 Å². The van der Waals surface area contributed by atoms with Crippen molar-refractivity contribution in [3.8, 4) is 11.1 Å². The quantitative estimate of drug-likeness (QED) is 0.113. The molecule has 1 aliphatic heterocycles. The first-order valence-corrected chi connectivity index (χ1v) is 20.5. The Kier molecular flexibility index (Phi) is 9.67. The van der Waals surface area contributed by atoms with Crippen LogP contribution in [0.25, 0.3) is 49.7 Å². The Bertz CT molecular complexity index is 2640. The van der Waals surface area contributed by atoms with Crippen LogP contribution in [0.5, 0.6) is 0 Å². The van der Waals surface area contributed by atoms with Crippen LogP contribution in [0.15, 0.2) is 188 Å². The molecular weight excluding hydrogens is 695 g/mol. The fourth-order valence-electron chi connectivity index (χ4n) is 8.02. The van der Waals surface area contributed by atoms with E-state index in [2.05, 4.69) is 226 Å². The number of allylic oxidation sites excluding steroid dienone is 1. The van der Waals surface area contributed by atoms with Crippen molar-refractivity contribution in [2.24, 2.45) is 0 Å². The van der Waals surface area contributed by atoms with Crippen molar-refractivity contribution in [2.75, 3.05) is 4.90 Å². The molecule has 2 heteroatoms. The van der Waals surface area contributed by atoms with E-state index in [1.807, 2.05) is 11.8 Å². The number of nitrogens with zero attached hydrogens (tertiary/aromatic N) is 1. The Balaban J connectivity index is 1.19. The third kappa shape index (κ3) is 7.09. The summed E-state index contributed by atoms with van der Waals surface area (Å²) >= 11 is 1.98. The molecule has 0 amide bonds. The van der Waals surface area contributed by atoms with Crippen LogP contribution in [0.1, 0.15) is 60.3 Å². The predicted octanol–water partition coefficient (Wildman–Crippen LogP) is 15.8. The molecule has 0 saturated heterocycles. The lowest BCUT2D eigenvalue weighted by molar-refractivity contribution is 0.590. The standard InChI is InChI=1S/C54H45NS/c1-54(2,3)43-29-33-45(34-30-43)55(44-31-27-39(28-32-44)26-25-38-15-6-4-7-16-38)53-48-23-12-10-21-46(48)52(47-22-11-13-24-49(47)53)42-20-14-19-41(37-42)51-36-35-50(56-51)40-17-8-5-9-18-40/h4-34,36-37,50H,35H2,1-3H3/b26-25+. The second-order valence-electron chi connectivity index (χ2n) is 15.7. The molecule has 0 aromatic heterocycles. The van der Waals surface area contributed by atoms with Gasteiger partial charge >= 0.3 is 0 Å². The van der Waals surface area contributed by atoms with Gasteiger partial charge in [-0.3, -0.25) is 0 Å². The van der Waals surface area contributed by atoms with Gasteiger partial charge in [0.1, 0.15) is 0 Å². The highest BCUT2D eigenvalue weighted by Gasteiger charge is 2.24. The fourth-order valence-corrected chi connectivity index (χ4v) is 9.26. The summed E-state index contributed by atoms with van der Waals surface area (Å²) in [5.41, 5.74) is 12.4. The van der Waals surface area contributed by atoms with Gasteiger partial charge in [-0.1, -0.05) is 191 Å². The van der Waals surface area contributed by atoms with Gasteiger partial charge in [-0.25, -0.2) is 0 Å². The highest BCUT2D eigenvalue weighted by atomic mass is 32.2. The average molecular weight is 740 g/mol. The van der Waals surface area contributed by atoms with Gasteiger partial charge in [0.05, 0.1) is 5.69 Å². The molecule has 8 aromatic rings. The highest BCUT2D eigenvalue weighted by molar-refractivity contribution is 8.08. The number of benzene rings is 8. The first-order chi connectivity index (χ1) is 27.4. The minimum absolute atomic E-state index is 0.0567. The Labute approximate surface area is 335 Å². The Hall–Kier alpha value is -6.09. The van der Waals surface area contributed by atoms with E-state index >= 15 is 0 Å². The van der Waals surface area contributed by atoms with Crippen molar-refractivity contribution in [3.63, 3.8) is 0 Å². The van der Waals surface area contributed by atoms with E-state index in [1.165, 1.54) is 65.5 Å². The molecule has 0 spiro atoms. The third-order valence-corrected chi connectivity index (χ3v) is 12.3. The first-order valence-electron chi connectivity index (χ1n) is 19.6. The monoisotopic (exact) mass is 739 g/mol. The summed E-state index contributed by atoms with van der Waals surface area (Å²) in [6, 6.07) is 66.7. The lowest BCUT2D eigenvalue weighted by Gasteiger charge is -2.30. The van der Waals surface area contributed by atoms with Gasteiger partial charge in [0.2, 0.25) is 0 Å². The SMILES string of the molecule is CC(C)(C)c1ccc(N(c2ccc(/C=C/c3ccccc3)cc2)c2c3ccccc3c(-c3cccc(C4=CCC(c5ccccc5)S4)c3)c3ccccc23)cc1. The number of hydrogen-bond acceptors (Lipinski definition) is 2. The van der Waals surface area contributed by atoms with Gasteiger partial charge in [-0.05, 0) is 91.9 Å². The van der Waals surface area contributed by atoms with Crippen LogP contribution in [0.3, 0.4) is 0 Å². The summed E-state index contributed by atoms with van der Waals surface area (Å²) in [6.07, 6.45) is 7.84. The van der Waals surface area contributed by atoms with Crippen LogP contribution < -0.4 is 4.90 Å². The minimum atomic E-state index is 0.0567. The van der Waals surface area contributed by atoms with Crippen molar-refractivity contribution in [1.29, 1.82) is 0 Å². The Morgan fingerprint density at radius 2 is 1.04 bits per heavy atom. The maximum absolute atomic E-state index is 2.46. The number of anilines is 3. The summed E-state index contributed by atoms with van der Waals surface area (Å²) in [7, 11) is 0. The Morgan fingerprint density at radius 1 is 0.518 bits per heavy atom. The second kappa shape index (κ2) is 15.2. The maximum Gasteiger partial charge on any atom is 0.0618 e. The molecule has 1 aliphatic rings. The van der Waals surface area contributed by atoms with Crippen LogP contribution in [0, 0.1) is 0 Å².